The highest BCUT2D eigenvalue weighted by molar-refractivity contribution is 5.96. The number of nitrogens with zero attached hydrogens (tertiary/aromatic N) is 1. The molecule has 2 aromatic rings. The van der Waals surface area contributed by atoms with E-state index in [9.17, 15) is 14.4 Å². The number of ether oxygens (including phenoxy) is 3. The Bertz CT molecular complexity index is 1090. The number of hydrogen-bond acceptors (Lipinski definition) is 6. The molecule has 2 heterocycles. The van der Waals surface area contributed by atoms with E-state index in [0.717, 1.165) is 17.5 Å². The second-order valence-corrected chi connectivity index (χ2v) is 10.2. The maximum absolute atomic E-state index is 14.4. The zero-order chi connectivity index (χ0) is 26.6. The first-order valence-electron chi connectivity index (χ1n) is 13.3. The highest BCUT2D eigenvalue weighted by Gasteiger charge is 2.63. The summed E-state index contributed by atoms with van der Waals surface area (Å²) in [5.74, 6) is -2.07. The van der Waals surface area contributed by atoms with Crippen molar-refractivity contribution >= 4 is 18.0 Å². The van der Waals surface area contributed by atoms with Gasteiger partial charge in [-0.05, 0) is 30.4 Å². The molecule has 2 amide bonds. The van der Waals surface area contributed by atoms with Crippen LogP contribution < -0.4 is 0 Å². The maximum Gasteiger partial charge on any atom is 0.416 e. The average Bonchev–Trinajstić information content (AvgIpc) is 3.44. The first-order chi connectivity index (χ1) is 17.8. The molecule has 0 unspecified atom stereocenters. The number of carbonyl (C=O) groups excluding carboxylic acids is 3. The molecule has 2 fully saturated rings. The molecule has 2 aromatic carbocycles. The van der Waals surface area contributed by atoms with Crippen LogP contribution in [-0.2, 0) is 30.2 Å². The molecule has 5 atom stereocenters. The zero-order valence-electron chi connectivity index (χ0n) is 22.1. The van der Waals surface area contributed by atoms with E-state index in [0.29, 0.717) is 6.42 Å². The number of rotatable bonds is 9. The third-order valence-corrected chi connectivity index (χ3v) is 7.55. The van der Waals surface area contributed by atoms with Gasteiger partial charge in [0.15, 0.2) is 5.60 Å². The van der Waals surface area contributed by atoms with Crippen molar-refractivity contribution in [3.8, 4) is 0 Å². The Hall–Kier alpha value is -3.19. The number of imide groups is 1. The normalized spacial score (nSPS) is 27.4. The first kappa shape index (κ1) is 26.9. The van der Waals surface area contributed by atoms with Gasteiger partial charge >= 0.3 is 12.1 Å². The third kappa shape index (κ3) is 5.14. The highest BCUT2D eigenvalue weighted by Crippen LogP contribution is 2.53. The molecule has 0 spiro atoms. The maximum atomic E-state index is 14.4. The van der Waals surface area contributed by atoms with Gasteiger partial charge in [0.1, 0.15) is 6.61 Å². The number of hydrogen-bond donors (Lipinski definition) is 0. The van der Waals surface area contributed by atoms with Crippen molar-refractivity contribution in [2.24, 2.45) is 17.8 Å². The fourth-order valence-electron chi connectivity index (χ4n) is 5.77. The molecule has 198 valence electrons. The molecule has 7 heteroatoms. The second kappa shape index (κ2) is 11.5. The molecule has 7 nitrogen and oxygen atoms in total. The van der Waals surface area contributed by atoms with Gasteiger partial charge in [0.25, 0.3) is 0 Å². The van der Waals surface area contributed by atoms with Crippen molar-refractivity contribution in [3.63, 3.8) is 0 Å². The van der Waals surface area contributed by atoms with Gasteiger partial charge in [-0.2, -0.15) is 0 Å². The standard InChI is InChI=1S/C30H37NO6/c1-5-13-23-25(27(32)31-24(20(3)4)19-36-29(31)34)26(22-16-11-8-12-17-22)37-30(23,28(33)35-6-2)18-21-14-9-7-10-15-21/h7-12,14-17,20,23-26H,5-6,13,18-19H2,1-4H3/t23-,24+,25-,26-,30-/m0/s1. The number of esters is 1. The molecule has 0 radical (unpaired) electrons. The number of amides is 2. The van der Waals surface area contributed by atoms with E-state index >= 15 is 0 Å². The van der Waals surface area contributed by atoms with Crippen LogP contribution in [0.5, 0.6) is 0 Å². The van der Waals surface area contributed by atoms with Crippen LogP contribution in [0.25, 0.3) is 0 Å². The van der Waals surface area contributed by atoms with Gasteiger partial charge in [-0.1, -0.05) is 87.9 Å². The van der Waals surface area contributed by atoms with Crippen LogP contribution in [0, 0.1) is 17.8 Å². The summed E-state index contributed by atoms with van der Waals surface area (Å²) in [4.78, 5) is 42.3. The van der Waals surface area contributed by atoms with Gasteiger partial charge in [0.2, 0.25) is 5.91 Å². The van der Waals surface area contributed by atoms with Crippen molar-refractivity contribution in [1.29, 1.82) is 0 Å². The Morgan fingerprint density at radius 2 is 1.70 bits per heavy atom. The van der Waals surface area contributed by atoms with E-state index < -0.39 is 35.6 Å². The number of benzene rings is 2. The van der Waals surface area contributed by atoms with Crippen molar-refractivity contribution in [2.75, 3.05) is 13.2 Å². The minimum Gasteiger partial charge on any atom is -0.464 e. The lowest BCUT2D eigenvalue weighted by Gasteiger charge is -2.34. The summed E-state index contributed by atoms with van der Waals surface area (Å²) in [6.07, 6.45) is 0.193. The van der Waals surface area contributed by atoms with E-state index in [4.69, 9.17) is 14.2 Å². The number of cyclic esters (lactones) is 1. The quantitative estimate of drug-likeness (QED) is 0.426. The van der Waals surface area contributed by atoms with Crippen LogP contribution in [-0.4, -0.2) is 47.7 Å². The van der Waals surface area contributed by atoms with E-state index in [1.807, 2.05) is 81.4 Å². The van der Waals surface area contributed by atoms with Crippen LogP contribution >= 0.6 is 0 Å². The Morgan fingerprint density at radius 1 is 1.05 bits per heavy atom. The molecule has 0 saturated carbocycles. The predicted molar refractivity (Wildman–Crippen MR) is 138 cm³/mol. The second-order valence-electron chi connectivity index (χ2n) is 10.2. The monoisotopic (exact) mass is 507 g/mol. The van der Waals surface area contributed by atoms with Crippen molar-refractivity contribution in [2.45, 2.75) is 64.7 Å². The van der Waals surface area contributed by atoms with Crippen molar-refractivity contribution < 1.29 is 28.6 Å². The van der Waals surface area contributed by atoms with Gasteiger partial charge in [0.05, 0.1) is 24.7 Å². The molecule has 37 heavy (non-hydrogen) atoms. The van der Waals surface area contributed by atoms with E-state index in [2.05, 4.69) is 0 Å². The molecule has 0 N–H and O–H groups in total. The van der Waals surface area contributed by atoms with Crippen LogP contribution in [0.4, 0.5) is 4.79 Å². The van der Waals surface area contributed by atoms with Gasteiger partial charge in [0, 0.05) is 12.3 Å². The largest absolute Gasteiger partial charge is 0.464 e. The molecule has 4 rings (SSSR count). The zero-order valence-corrected chi connectivity index (χ0v) is 22.1. The Balaban J connectivity index is 1.87. The molecule has 0 aromatic heterocycles. The lowest BCUT2D eigenvalue weighted by atomic mass is 9.72. The molecule has 2 aliphatic rings. The molecule has 2 aliphatic heterocycles. The van der Waals surface area contributed by atoms with Crippen molar-refractivity contribution in [1.82, 2.24) is 4.90 Å². The Morgan fingerprint density at radius 3 is 2.30 bits per heavy atom. The lowest BCUT2D eigenvalue weighted by molar-refractivity contribution is -0.175. The van der Waals surface area contributed by atoms with Gasteiger partial charge in [-0.25, -0.2) is 14.5 Å². The summed E-state index contributed by atoms with van der Waals surface area (Å²) in [7, 11) is 0. The first-order valence-corrected chi connectivity index (χ1v) is 13.3. The molecule has 0 bridgehead atoms. The van der Waals surface area contributed by atoms with E-state index in [1.165, 1.54) is 4.90 Å². The highest BCUT2D eigenvalue weighted by atomic mass is 16.6. The fourth-order valence-corrected chi connectivity index (χ4v) is 5.77. The van der Waals surface area contributed by atoms with Crippen molar-refractivity contribution in [3.05, 3.63) is 71.8 Å². The van der Waals surface area contributed by atoms with Crippen LogP contribution in [0.1, 0.15) is 57.8 Å². The minimum absolute atomic E-state index is 0.0247. The summed E-state index contributed by atoms with van der Waals surface area (Å²) in [6.45, 7) is 8.08. The van der Waals surface area contributed by atoms with Crippen LogP contribution in [0.2, 0.25) is 0 Å². The molecule has 0 aliphatic carbocycles. The van der Waals surface area contributed by atoms with Gasteiger partial charge in [-0.3, -0.25) is 4.79 Å². The molecule has 2 saturated heterocycles. The summed E-state index contributed by atoms with van der Waals surface area (Å²) >= 11 is 0. The summed E-state index contributed by atoms with van der Waals surface area (Å²) in [5, 5.41) is 0. The SMILES string of the molecule is CCC[C@H]1[C@H](C(=O)N2C(=O)OC[C@@H]2C(C)C)[C@H](c2ccccc2)O[C@]1(Cc1ccccc1)C(=O)OCC. The summed E-state index contributed by atoms with van der Waals surface area (Å²) in [5.41, 5.74) is 0.317. The smallest absolute Gasteiger partial charge is 0.416 e. The predicted octanol–water partition coefficient (Wildman–Crippen LogP) is 5.34. The van der Waals surface area contributed by atoms with Gasteiger partial charge < -0.3 is 14.2 Å². The lowest BCUT2D eigenvalue weighted by Crippen LogP contribution is -2.51. The fraction of sp³-hybridized carbons (Fsp3) is 0.500. The summed E-state index contributed by atoms with van der Waals surface area (Å²) < 4.78 is 17.7. The van der Waals surface area contributed by atoms with E-state index in [1.54, 1.807) is 6.92 Å². The Kier molecular flexibility index (Phi) is 8.32. The summed E-state index contributed by atoms with van der Waals surface area (Å²) in [6, 6.07) is 18.8. The third-order valence-electron chi connectivity index (χ3n) is 7.55. The Labute approximate surface area is 219 Å². The van der Waals surface area contributed by atoms with Crippen LogP contribution in [0.15, 0.2) is 60.7 Å². The minimum atomic E-state index is -1.38. The molecular formula is C30H37NO6. The average molecular weight is 508 g/mol. The van der Waals surface area contributed by atoms with E-state index in [-0.39, 0.29) is 37.5 Å². The topological polar surface area (TPSA) is 82.1 Å². The number of carbonyl (C=O) groups is 3. The molecular weight excluding hydrogens is 470 g/mol. The van der Waals surface area contributed by atoms with Crippen LogP contribution in [0.3, 0.4) is 0 Å². The van der Waals surface area contributed by atoms with Gasteiger partial charge in [-0.15, -0.1) is 0 Å².